The average molecular weight is 257 g/mol. The van der Waals surface area contributed by atoms with Crippen molar-refractivity contribution in [3.8, 4) is 0 Å². The van der Waals surface area contributed by atoms with E-state index < -0.39 is 43.2 Å². The van der Waals surface area contributed by atoms with Gasteiger partial charge in [0, 0.05) is 6.54 Å². The fourth-order valence-electron chi connectivity index (χ4n) is 1.08. The lowest BCUT2D eigenvalue weighted by Gasteiger charge is -2.29. The number of rotatable bonds is 5. The lowest BCUT2D eigenvalue weighted by atomic mass is 9.92. The summed E-state index contributed by atoms with van der Waals surface area (Å²) in [5, 5.41) is 17.3. The number of carbonyl (C=O) groups is 2. The molecule has 0 spiro atoms. The van der Waals surface area contributed by atoms with Crippen LogP contribution in [0.2, 0.25) is 0 Å². The summed E-state index contributed by atoms with van der Waals surface area (Å²) in [6, 6.07) is 0. The Morgan fingerprint density at radius 3 is 2.00 bits per heavy atom. The fourth-order valence-corrected chi connectivity index (χ4v) is 1.08. The number of carboxylic acid groups (broad SMARTS) is 1. The van der Waals surface area contributed by atoms with Crippen LogP contribution in [0.4, 0.5) is 13.2 Å². The smallest absolute Gasteiger partial charge is 0.406 e. The molecule has 0 aliphatic rings. The molecule has 0 fully saturated rings. The predicted octanol–water partition coefficient (Wildman–Crippen LogP) is 0.480. The number of hydrogen-bond acceptors (Lipinski definition) is 3. The van der Waals surface area contributed by atoms with Crippen LogP contribution in [-0.2, 0) is 9.59 Å². The minimum Gasteiger partial charge on any atom is -0.480 e. The van der Waals surface area contributed by atoms with Crippen molar-refractivity contribution in [2.75, 3.05) is 19.7 Å². The summed E-state index contributed by atoms with van der Waals surface area (Å²) in [4.78, 5) is 22.6. The van der Waals surface area contributed by atoms with E-state index in [0.29, 0.717) is 0 Å². The minimum absolute atomic E-state index is 0.286. The van der Waals surface area contributed by atoms with Gasteiger partial charge in [0.25, 0.3) is 0 Å². The zero-order chi connectivity index (χ0) is 13.9. The van der Waals surface area contributed by atoms with Crippen molar-refractivity contribution < 1.29 is 33.0 Å². The second-order valence-corrected chi connectivity index (χ2v) is 4.00. The molecule has 0 rings (SSSR count). The van der Waals surface area contributed by atoms with Crippen molar-refractivity contribution in [1.82, 2.24) is 4.90 Å². The summed E-state index contributed by atoms with van der Waals surface area (Å²) in [7, 11) is 0. The SMILES string of the molecule is CC(C)(C(=O)O)C(=O)N(CCO)CC(F)(F)F. The zero-order valence-electron chi connectivity index (χ0n) is 9.41. The van der Waals surface area contributed by atoms with E-state index in [1.807, 2.05) is 0 Å². The van der Waals surface area contributed by atoms with Gasteiger partial charge in [0.1, 0.15) is 12.0 Å². The number of halogens is 3. The van der Waals surface area contributed by atoms with Gasteiger partial charge in [-0.2, -0.15) is 13.2 Å². The Balaban J connectivity index is 4.95. The molecule has 0 bridgehead atoms. The van der Waals surface area contributed by atoms with E-state index in [4.69, 9.17) is 10.2 Å². The van der Waals surface area contributed by atoms with Gasteiger partial charge in [-0.15, -0.1) is 0 Å². The molecule has 0 aliphatic heterocycles. The first kappa shape index (κ1) is 15.7. The molecule has 1 amide bonds. The maximum absolute atomic E-state index is 12.2. The first-order chi connectivity index (χ1) is 7.52. The highest BCUT2D eigenvalue weighted by Gasteiger charge is 2.42. The van der Waals surface area contributed by atoms with Gasteiger partial charge in [-0.1, -0.05) is 0 Å². The summed E-state index contributed by atoms with van der Waals surface area (Å²) in [5.74, 6) is -2.70. The van der Waals surface area contributed by atoms with Gasteiger partial charge in [-0.25, -0.2) is 0 Å². The third-order valence-corrected chi connectivity index (χ3v) is 2.10. The van der Waals surface area contributed by atoms with Gasteiger partial charge in [-0.3, -0.25) is 9.59 Å². The molecule has 0 saturated carbocycles. The van der Waals surface area contributed by atoms with Crippen LogP contribution in [0, 0.1) is 5.41 Å². The lowest BCUT2D eigenvalue weighted by molar-refractivity contribution is -0.173. The number of aliphatic hydroxyl groups is 1. The molecular weight excluding hydrogens is 243 g/mol. The molecule has 0 unspecified atom stereocenters. The van der Waals surface area contributed by atoms with Crippen LogP contribution in [0.5, 0.6) is 0 Å². The molecule has 17 heavy (non-hydrogen) atoms. The topological polar surface area (TPSA) is 77.8 Å². The number of alkyl halides is 3. The van der Waals surface area contributed by atoms with Crippen molar-refractivity contribution >= 4 is 11.9 Å². The van der Waals surface area contributed by atoms with Gasteiger partial charge in [0.05, 0.1) is 6.61 Å². The standard InChI is InChI=1S/C9H14F3NO4/c1-8(2,7(16)17)6(15)13(3-4-14)5-9(10,11)12/h14H,3-5H2,1-2H3,(H,16,17). The highest BCUT2D eigenvalue weighted by Crippen LogP contribution is 2.23. The molecule has 5 nitrogen and oxygen atoms in total. The van der Waals surface area contributed by atoms with Crippen LogP contribution in [-0.4, -0.2) is 52.9 Å². The minimum atomic E-state index is -4.64. The molecule has 0 atom stereocenters. The third-order valence-electron chi connectivity index (χ3n) is 2.10. The second-order valence-electron chi connectivity index (χ2n) is 4.00. The van der Waals surface area contributed by atoms with Crippen molar-refractivity contribution in [1.29, 1.82) is 0 Å². The maximum Gasteiger partial charge on any atom is 0.406 e. The number of amides is 1. The van der Waals surface area contributed by atoms with Crippen molar-refractivity contribution in [3.05, 3.63) is 0 Å². The van der Waals surface area contributed by atoms with Crippen LogP contribution in [0.3, 0.4) is 0 Å². The Labute approximate surface area is 95.8 Å². The molecule has 2 N–H and O–H groups in total. The predicted molar refractivity (Wildman–Crippen MR) is 51.1 cm³/mol. The molecular formula is C9H14F3NO4. The first-order valence-electron chi connectivity index (χ1n) is 4.72. The summed E-state index contributed by atoms with van der Waals surface area (Å²) in [6.07, 6.45) is -4.64. The van der Waals surface area contributed by atoms with E-state index in [0.717, 1.165) is 13.8 Å². The Morgan fingerprint density at radius 1 is 1.24 bits per heavy atom. The highest BCUT2D eigenvalue weighted by molar-refractivity contribution is 6.01. The lowest BCUT2D eigenvalue weighted by Crippen LogP contribution is -2.49. The van der Waals surface area contributed by atoms with E-state index in [9.17, 15) is 22.8 Å². The molecule has 0 heterocycles. The van der Waals surface area contributed by atoms with Crippen LogP contribution >= 0.6 is 0 Å². The second kappa shape index (κ2) is 5.35. The van der Waals surface area contributed by atoms with Gasteiger partial charge < -0.3 is 15.1 Å². The van der Waals surface area contributed by atoms with E-state index in [1.54, 1.807) is 0 Å². The number of aliphatic carboxylic acids is 1. The summed E-state index contributed by atoms with van der Waals surface area (Å²) >= 11 is 0. The number of carbonyl (C=O) groups excluding carboxylic acids is 1. The molecule has 100 valence electrons. The molecule has 0 saturated heterocycles. The van der Waals surface area contributed by atoms with Crippen molar-refractivity contribution in [3.63, 3.8) is 0 Å². The van der Waals surface area contributed by atoms with Gasteiger partial charge >= 0.3 is 12.1 Å². The molecule has 0 aliphatic carbocycles. The van der Waals surface area contributed by atoms with E-state index in [-0.39, 0.29) is 4.90 Å². The quantitative estimate of drug-likeness (QED) is 0.702. The van der Waals surface area contributed by atoms with Crippen LogP contribution < -0.4 is 0 Å². The van der Waals surface area contributed by atoms with E-state index in [1.165, 1.54) is 0 Å². The maximum atomic E-state index is 12.2. The monoisotopic (exact) mass is 257 g/mol. The zero-order valence-corrected chi connectivity index (χ0v) is 9.41. The number of hydrogen-bond donors (Lipinski definition) is 2. The van der Waals surface area contributed by atoms with E-state index >= 15 is 0 Å². The number of carboxylic acids is 1. The molecule has 0 aromatic rings. The Bertz CT molecular complexity index is 301. The van der Waals surface area contributed by atoms with Gasteiger partial charge in [-0.05, 0) is 13.8 Å². The Morgan fingerprint density at radius 2 is 1.71 bits per heavy atom. The first-order valence-corrected chi connectivity index (χ1v) is 4.72. The summed E-state index contributed by atoms with van der Waals surface area (Å²) in [5.41, 5.74) is -1.96. The largest absolute Gasteiger partial charge is 0.480 e. The number of aliphatic hydroxyl groups excluding tert-OH is 1. The van der Waals surface area contributed by atoms with Gasteiger partial charge in [0.15, 0.2) is 0 Å². The summed E-state index contributed by atoms with van der Waals surface area (Å²) in [6.45, 7) is -0.785. The molecule has 0 aromatic heterocycles. The number of nitrogens with zero attached hydrogens (tertiary/aromatic N) is 1. The van der Waals surface area contributed by atoms with Gasteiger partial charge in [0.2, 0.25) is 5.91 Å². The fraction of sp³-hybridized carbons (Fsp3) is 0.778. The molecule has 0 radical (unpaired) electrons. The van der Waals surface area contributed by atoms with Crippen molar-refractivity contribution in [2.24, 2.45) is 5.41 Å². The van der Waals surface area contributed by atoms with Crippen LogP contribution in [0.1, 0.15) is 13.8 Å². The Hall–Kier alpha value is -1.31. The van der Waals surface area contributed by atoms with E-state index in [2.05, 4.69) is 0 Å². The van der Waals surface area contributed by atoms with Crippen molar-refractivity contribution in [2.45, 2.75) is 20.0 Å². The normalized spacial score (nSPS) is 12.4. The summed E-state index contributed by atoms with van der Waals surface area (Å²) < 4.78 is 36.5. The van der Waals surface area contributed by atoms with Crippen LogP contribution in [0.25, 0.3) is 0 Å². The highest BCUT2D eigenvalue weighted by atomic mass is 19.4. The average Bonchev–Trinajstić information content (AvgIpc) is 2.13. The van der Waals surface area contributed by atoms with Crippen LogP contribution in [0.15, 0.2) is 0 Å². The molecule has 8 heteroatoms. The molecule has 0 aromatic carbocycles. The Kier molecular flexibility index (Phi) is 4.94. The third kappa shape index (κ3) is 4.59.